The molecule has 0 bridgehead atoms. The fourth-order valence-corrected chi connectivity index (χ4v) is 8.72. The Morgan fingerprint density at radius 1 is 0.579 bits per heavy atom. The molecule has 0 saturated carbocycles. The van der Waals surface area contributed by atoms with Gasteiger partial charge in [0.15, 0.2) is 0 Å². The van der Waals surface area contributed by atoms with Crippen molar-refractivity contribution in [1.29, 1.82) is 0 Å². The lowest BCUT2D eigenvalue weighted by atomic mass is 10.1. The van der Waals surface area contributed by atoms with Gasteiger partial charge >= 0.3 is 10.1 Å². The third kappa shape index (κ3) is 5.65. The standard InChI is InChI=1S/C27H25NO7S3/c1-21-13-19-27(20-14-21)38(33,34)35-24-17-15-23(16-18-24)22(2)28(36(29,30)25-9-5-3-6-10-25)37(31,32)26-11-7-4-8-12-26/h3-20,22H,1-2H3. The molecule has 0 aliphatic rings. The highest BCUT2D eigenvalue weighted by Gasteiger charge is 2.41. The third-order valence-corrected chi connectivity index (χ3v) is 11.5. The average Bonchev–Trinajstić information content (AvgIpc) is 2.90. The number of sulfonamides is 2. The van der Waals surface area contributed by atoms with Crippen LogP contribution in [0.15, 0.2) is 124 Å². The third-order valence-electron chi connectivity index (χ3n) is 5.75. The fourth-order valence-electron chi connectivity index (χ4n) is 3.74. The van der Waals surface area contributed by atoms with E-state index in [1.165, 1.54) is 91.9 Å². The maximum atomic E-state index is 13.6. The number of aryl methyl sites for hydroxylation is 1. The average molecular weight is 572 g/mol. The second-order valence-corrected chi connectivity index (χ2v) is 13.9. The first-order valence-electron chi connectivity index (χ1n) is 11.4. The Balaban J connectivity index is 1.71. The minimum atomic E-state index is -4.51. The van der Waals surface area contributed by atoms with Crippen LogP contribution in [-0.4, -0.2) is 29.0 Å². The molecular weight excluding hydrogens is 546 g/mol. The van der Waals surface area contributed by atoms with E-state index < -0.39 is 36.2 Å². The van der Waals surface area contributed by atoms with Crippen LogP contribution in [0.1, 0.15) is 24.1 Å². The Labute approximate surface area is 223 Å². The van der Waals surface area contributed by atoms with Crippen LogP contribution in [0.25, 0.3) is 0 Å². The first-order valence-corrected chi connectivity index (χ1v) is 15.7. The second kappa shape index (κ2) is 10.7. The van der Waals surface area contributed by atoms with Crippen LogP contribution >= 0.6 is 0 Å². The summed E-state index contributed by atoms with van der Waals surface area (Å²) in [5.74, 6) is -0.00934. The van der Waals surface area contributed by atoms with Crippen molar-refractivity contribution in [2.45, 2.75) is 34.6 Å². The molecule has 0 aliphatic heterocycles. The summed E-state index contributed by atoms with van der Waals surface area (Å²) in [4.78, 5) is -0.388. The Hall–Kier alpha value is -3.51. The van der Waals surface area contributed by atoms with Crippen molar-refractivity contribution >= 4 is 30.2 Å². The lowest BCUT2D eigenvalue weighted by Gasteiger charge is -2.28. The maximum absolute atomic E-state index is 13.6. The normalized spacial score (nSPS) is 13.2. The maximum Gasteiger partial charge on any atom is 0.339 e. The van der Waals surface area contributed by atoms with E-state index in [9.17, 15) is 25.3 Å². The minimum absolute atomic E-state index is 0.00934. The summed E-state index contributed by atoms with van der Waals surface area (Å²) in [5, 5.41) is 0. The largest absolute Gasteiger partial charge is 0.379 e. The summed E-state index contributed by atoms with van der Waals surface area (Å²) in [7, 11) is -13.1. The summed E-state index contributed by atoms with van der Waals surface area (Å²) >= 11 is 0. The summed E-state index contributed by atoms with van der Waals surface area (Å²) in [6, 6.07) is 25.1. The van der Waals surface area contributed by atoms with Gasteiger partial charge < -0.3 is 4.18 Å². The molecule has 198 valence electrons. The van der Waals surface area contributed by atoms with Gasteiger partial charge in [0.25, 0.3) is 20.0 Å². The van der Waals surface area contributed by atoms with E-state index in [1.54, 1.807) is 24.3 Å². The monoisotopic (exact) mass is 571 g/mol. The predicted molar refractivity (Wildman–Crippen MR) is 143 cm³/mol. The molecule has 0 fully saturated rings. The van der Waals surface area contributed by atoms with Crippen LogP contribution in [-0.2, 0) is 30.2 Å². The van der Waals surface area contributed by atoms with Crippen LogP contribution in [0.3, 0.4) is 0 Å². The molecule has 8 nitrogen and oxygen atoms in total. The summed E-state index contributed by atoms with van der Waals surface area (Å²) in [6.45, 7) is 3.27. The zero-order valence-corrected chi connectivity index (χ0v) is 22.9. The highest BCUT2D eigenvalue weighted by molar-refractivity contribution is 8.04. The number of hydrogen-bond donors (Lipinski definition) is 0. The molecule has 0 aliphatic carbocycles. The smallest absolute Gasteiger partial charge is 0.339 e. The van der Waals surface area contributed by atoms with Crippen LogP contribution < -0.4 is 4.18 Å². The first-order chi connectivity index (χ1) is 17.9. The molecule has 0 amide bonds. The van der Waals surface area contributed by atoms with E-state index >= 15 is 0 Å². The minimum Gasteiger partial charge on any atom is -0.379 e. The molecule has 4 rings (SSSR count). The van der Waals surface area contributed by atoms with Gasteiger partial charge in [-0.15, -0.1) is 0 Å². The topological polar surface area (TPSA) is 115 Å². The van der Waals surface area contributed by atoms with Crippen LogP contribution in [0, 0.1) is 6.92 Å². The molecule has 0 spiro atoms. The summed E-state index contributed by atoms with van der Waals surface area (Å²) < 4.78 is 85.5. The molecule has 4 aromatic carbocycles. The molecule has 1 atom stereocenters. The lowest BCUT2D eigenvalue weighted by Crippen LogP contribution is -2.38. The highest BCUT2D eigenvalue weighted by atomic mass is 32.3. The van der Waals surface area contributed by atoms with Crippen molar-refractivity contribution in [3.63, 3.8) is 0 Å². The molecule has 11 heteroatoms. The van der Waals surface area contributed by atoms with E-state index in [0.29, 0.717) is 9.27 Å². The molecule has 0 saturated heterocycles. The molecule has 38 heavy (non-hydrogen) atoms. The van der Waals surface area contributed by atoms with Crippen molar-refractivity contribution in [3.8, 4) is 5.75 Å². The van der Waals surface area contributed by atoms with Crippen molar-refractivity contribution in [3.05, 3.63) is 120 Å². The van der Waals surface area contributed by atoms with Gasteiger partial charge in [0.1, 0.15) is 10.6 Å². The Morgan fingerprint density at radius 2 is 1.03 bits per heavy atom. The Bertz CT molecular complexity index is 1650. The SMILES string of the molecule is Cc1ccc(S(=O)(=O)Oc2ccc(C(C)N(S(=O)(=O)c3ccccc3)S(=O)(=O)c3ccccc3)cc2)cc1. The predicted octanol–water partition coefficient (Wildman–Crippen LogP) is 4.90. The zero-order valence-electron chi connectivity index (χ0n) is 20.5. The van der Waals surface area contributed by atoms with Gasteiger partial charge in [-0.25, -0.2) is 16.8 Å². The molecule has 0 radical (unpaired) electrons. The van der Waals surface area contributed by atoms with Gasteiger partial charge in [-0.05, 0) is 67.9 Å². The van der Waals surface area contributed by atoms with Gasteiger partial charge in [-0.2, -0.15) is 8.42 Å². The van der Waals surface area contributed by atoms with Gasteiger partial charge in [0.05, 0.1) is 15.8 Å². The summed E-state index contributed by atoms with van der Waals surface area (Å²) in [6.07, 6.45) is 0. The summed E-state index contributed by atoms with van der Waals surface area (Å²) in [5.41, 5.74) is 1.20. The van der Waals surface area contributed by atoms with E-state index in [1.807, 2.05) is 6.92 Å². The van der Waals surface area contributed by atoms with Gasteiger partial charge in [-0.1, -0.05) is 69.9 Å². The quantitative estimate of drug-likeness (QED) is 0.262. The van der Waals surface area contributed by atoms with E-state index in [4.69, 9.17) is 4.18 Å². The molecule has 0 heterocycles. The van der Waals surface area contributed by atoms with Gasteiger partial charge in [0, 0.05) is 0 Å². The fraction of sp³-hybridized carbons (Fsp3) is 0.111. The van der Waals surface area contributed by atoms with E-state index in [2.05, 4.69) is 0 Å². The number of rotatable bonds is 9. The van der Waals surface area contributed by atoms with Crippen molar-refractivity contribution < 1.29 is 29.4 Å². The van der Waals surface area contributed by atoms with E-state index in [0.717, 1.165) is 5.56 Å². The van der Waals surface area contributed by atoms with Gasteiger partial charge in [0.2, 0.25) is 0 Å². The van der Waals surface area contributed by atoms with Gasteiger partial charge in [-0.3, -0.25) is 0 Å². The second-order valence-electron chi connectivity index (χ2n) is 8.46. The molecule has 1 unspecified atom stereocenters. The zero-order chi connectivity index (χ0) is 27.6. The van der Waals surface area contributed by atoms with Crippen molar-refractivity contribution in [1.82, 2.24) is 3.71 Å². The van der Waals surface area contributed by atoms with Crippen molar-refractivity contribution in [2.75, 3.05) is 0 Å². The van der Waals surface area contributed by atoms with E-state index in [-0.39, 0.29) is 20.4 Å². The number of nitrogens with zero attached hydrogens (tertiary/aromatic N) is 1. The lowest BCUT2D eigenvalue weighted by molar-refractivity contribution is 0.447. The Kier molecular flexibility index (Phi) is 7.75. The van der Waals surface area contributed by atoms with Crippen molar-refractivity contribution in [2.24, 2.45) is 0 Å². The van der Waals surface area contributed by atoms with Crippen LogP contribution in [0.2, 0.25) is 0 Å². The number of benzene rings is 4. The van der Waals surface area contributed by atoms with Crippen LogP contribution in [0.4, 0.5) is 0 Å². The number of hydrogen-bond acceptors (Lipinski definition) is 7. The molecule has 0 N–H and O–H groups in total. The first kappa shape index (κ1) is 27.5. The van der Waals surface area contributed by atoms with Crippen LogP contribution in [0.5, 0.6) is 5.75 Å². The molecular formula is C27H25NO7S3. The molecule has 0 aromatic heterocycles. The highest BCUT2D eigenvalue weighted by Crippen LogP contribution is 2.34. The molecule has 4 aromatic rings. The Morgan fingerprint density at radius 3 is 1.47 bits per heavy atom.